The highest BCUT2D eigenvalue weighted by Crippen LogP contribution is 2.33. The minimum atomic E-state index is -0.207. The molecular weight excluding hydrogens is 328 g/mol. The topological polar surface area (TPSA) is 60.2 Å². The molecular formula is C20H24N4O2. The Labute approximate surface area is 153 Å². The van der Waals surface area contributed by atoms with Crippen LogP contribution in [0.3, 0.4) is 0 Å². The molecule has 1 aromatic carbocycles. The van der Waals surface area contributed by atoms with E-state index in [4.69, 9.17) is 4.74 Å². The molecule has 4 rings (SSSR count). The van der Waals surface area contributed by atoms with Crippen molar-refractivity contribution in [3.8, 4) is 0 Å². The van der Waals surface area contributed by atoms with Gasteiger partial charge in [0.05, 0.1) is 18.9 Å². The van der Waals surface area contributed by atoms with E-state index in [1.165, 1.54) is 18.9 Å². The smallest absolute Gasteiger partial charge is 0.246 e. The van der Waals surface area contributed by atoms with Gasteiger partial charge in [-0.1, -0.05) is 42.1 Å². The van der Waals surface area contributed by atoms with Gasteiger partial charge < -0.3 is 9.64 Å². The lowest BCUT2D eigenvalue weighted by atomic mass is 10.0. The number of fused-ring (bicyclic) bond motifs is 1. The highest BCUT2D eigenvalue weighted by molar-refractivity contribution is 5.87. The van der Waals surface area contributed by atoms with Crippen molar-refractivity contribution < 1.29 is 9.53 Å². The van der Waals surface area contributed by atoms with E-state index >= 15 is 0 Å². The first kappa shape index (κ1) is 17.0. The van der Waals surface area contributed by atoms with Crippen LogP contribution >= 0.6 is 0 Å². The van der Waals surface area contributed by atoms with Crippen LogP contribution in [0, 0.1) is 5.92 Å². The van der Waals surface area contributed by atoms with E-state index in [1.807, 2.05) is 35.0 Å². The number of rotatable bonds is 7. The lowest BCUT2D eigenvalue weighted by Gasteiger charge is -2.34. The molecule has 2 aromatic rings. The van der Waals surface area contributed by atoms with Gasteiger partial charge in [0.2, 0.25) is 5.91 Å². The van der Waals surface area contributed by atoms with Crippen molar-refractivity contribution in [3.05, 3.63) is 59.9 Å². The predicted octanol–water partition coefficient (Wildman–Crippen LogP) is 2.52. The van der Waals surface area contributed by atoms with Crippen LogP contribution < -0.4 is 0 Å². The van der Waals surface area contributed by atoms with Gasteiger partial charge in [-0.15, -0.1) is 5.10 Å². The van der Waals surface area contributed by atoms with Gasteiger partial charge in [0.15, 0.2) is 0 Å². The van der Waals surface area contributed by atoms with Crippen molar-refractivity contribution in [1.29, 1.82) is 0 Å². The quantitative estimate of drug-likeness (QED) is 0.719. The third-order valence-electron chi connectivity index (χ3n) is 5.12. The summed E-state index contributed by atoms with van der Waals surface area (Å²) in [5, 5.41) is 8.78. The molecule has 0 radical (unpaired) electrons. The molecule has 2 heterocycles. The van der Waals surface area contributed by atoms with Crippen molar-refractivity contribution in [2.45, 2.75) is 38.5 Å². The number of amides is 1. The zero-order valence-electron chi connectivity index (χ0n) is 14.9. The summed E-state index contributed by atoms with van der Waals surface area (Å²) in [6, 6.07) is 9.83. The minimum absolute atomic E-state index is 0.0827. The second-order valence-corrected chi connectivity index (χ2v) is 7.05. The van der Waals surface area contributed by atoms with Crippen molar-refractivity contribution in [3.63, 3.8) is 0 Å². The van der Waals surface area contributed by atoms with Crippen LogP contribution in [0.15, 0.2) is 43.0 Å². The third kappa shape index (κ3) is 3.55. The number of nitrogens with zero attached hydrogens (tertiary/aromatic N) is 4. The van der Waals surface area contributed by atoms with Gasteiger partial charge in [-0.2, -0.15) is 0 Å². The van der Waals surface area contributed by atoms with Gasteiger partial charge in [0, 0.05) is 19.5 Å². The Morgan fingerprint density at radius 1 is 1.31 bits per heavy atom. The molecule has 1 aromatic heterocycles. The summed E-state index contributed by atoms with van der Waals surface area (Å²) < 4.78 is 7.97. The maximum atomic E-state index is 12.3. The van der Waals surface area contributed by atoms with E-state index in [-0.39, 0.29) is 11.9 Å². The zero-order valence-corrected chi connectivity index (χ0v) is 14.9. The second kappa shape index (κ2) is 7.41. The Kier molecular flexibility index (Phi) is 4.84. The maximum Gasteiger partial charge on any atom is 0.246 e. The van der Waals surface area contributed by atoms with E-state index in [0.29, 0.717) is 19.8 Å². The Hall–Kier alpha value is -2.47. The van der Waals surface area contributed by atoms with Gasteiger partial charge in [-0.25, -0.2) is 4.68 Å². The Morgan fingerprint density at radius 2 is 2.12 bits per heavy atom. The monoisotopic (exact) mass is 352 g/mol. The van der Waals surface area contributed by atoms with Gasteiger partial charge >= 0.3 is 0 Å². The van der Waals surface area contributed by atoms with E-state index in [9.17, 15) is 4.79 Å². The van der Waals surface area contributed by atoms with E-state index in [2.05, 4.69) is 16.9 Å². The molecule has 2 aliphatic rings. The van der Waals surface area contributed by atoms with Gasteiger partial charge in [-0.05, 0) is 30.4 Å². The summed E-state index contributed by atoms with van der Waals surface area (Å²) in [6.07, 6.45) is 4.70. The van der Waals surface area contributed by atoms with Gasteiger partial charge in [0.25, 0.3) is 0 Å². The molecule has 1 aliphatic heterocycles. The fraction of sp³-hybridized carbons (Fsp3) is 0.450. The summed E-state index contributed by atoms with van der Waals surface area (Å²) in [7, 11) is 0. The first-order valence-electron chi connectivity index (χ1n) is 9.23. The van der Waals surface area contributed by atoms with E-state index in [1.54, 1.807) is 4.90 Å². The number of carbonyl (C=O) groups is 1. The SMILES string of the molecule is C=CC(=O)N1CCc2c(nnn2CC2CC2)[C@H]1COCc1ccccc1. The molecule has 6 nitrogen and oxygen atoms in total. The standard InChI is InChI=1S/C20H24N4O2/c1-2-19(25)23-11-10-17-20(21-22-24(17)12-15-8-9-15)18(23)14-26-13-16-6-4-3-5-7-16/h2-7,15,18H,1,8-14H2/t18-/m1/s1. The Bertz CT molecular complexity index is 782. The number of ether oxygens (including phenoxy) is 1. The maximum absolute atomic E-state index is 12.3. The van der Waals surface area contributed by atoms with Crippen LogP contribution in [0.1, 0.15) is 35.8 Å². The molecule has 136 valence electrons. The molecule has 0 unspecified atom stereocenters. The molecule has 1 atom stereocenters. The fourth-order valence-electron chi connectivity index (χ4n) is 3.50. The molecule has 6 heteroatoms. The van der Waals surface area contributed by atoms with Crippen LogP contribution in [-0.2, 0) is 29.1 Å². The van der Waals surface area contributed by atoms with Crippen LogP contribution in [0.4, 0.5) is 0 Å². The lowest BCUT2D eigenvalue weighted by molar-refractivity contribution is -0.130. The minimum Gasteiger partial charge on any atom is -0.374 e. The first-order chi connectivity index (χ1) is 12.8. The largest absolute Gasteiger partial charge is 0.374 e. The molecule has 0 saturated heterocycles. The average Bonchev–Trinajstić information content (AvgIpc) is 3.40. The molecule has 1 aliphatic carbocycles. The van der Waals surface area contributed by atoms with Crippen LogP contribution in [0.2, 0.25) is 0 Å². The summed E-state index contributed by atoms with van der Waals surface area (Å²) in [4.78, 5) is 14.1. The first-order valence-corrected chi connectivity index (χ1v) is 9.23. The van der Waals surface area contributed by atoms with Gasteiger partial charge in [0.1, 0.15) is 11.7 Å². The van der Waals surface area contributed by atoms with Crippen LogP contribution in [0.25, 0.3) is 0 Å². The zero-order chi connectivity index (χ0) is 17.9. The van der Waals surface area contributed by atoms with E-state index in [0.717, 1.165) is 35.8 Å². The average molecular weight is 352 g/mol. The highest BCUT2D eigenvalue weighted by Gasteiger charge is 2.35. The Balaban J connectivity index is 1.51. The fourth-order valence-corrected chi connectivity index (χ4v) is 3.50. The van der Waals surface area contributed by atoms with Crippen molar-refractivity contribution in [2.75, 3.05) is 13.2 Å². The van der Waals surface area contributed by atoms with Gasteiger partial charge in [-0.3, -0.25) is 4.79 Å². The summed E-state index contributed by atoms with van der Waals surface area (Å²) in [5.41, 5.74) is 3.14. The predicted molar refractivity (Wildman–Crippen MR) is 97.2 cm³/mol. The number of aromatic nitrogens is 3. The van der Waals surface area contributed by atoms with Crippen molar-refractivity contribution in [2.24, 2.45) is 5.92 Å². The van der Waals surface area contributed by atoms with E-state index < -0.39 is 0 Å². The number of carbonyl (C=O) groups excluding carboxylic acids is 1. The second-order valence-electron chi connectivity index (χ2n) is 7.05. The molecule has 26 heavy (non-hydrogen) atoms. The number of hydrogen-bond donors (Lipinski definition) is 0. The lowest BCUT2D eigenvalue weighted by Crippen LogP contribution is -2.41. The summed E-state index contributed by atoms with van der Waals surface area (Å²) >= 11 is 0. The normalized spacial score (nSPS) is 19.2. The molecule has 1 amide bonds. The summed E-state index contributed by atoms with van der Waals surface area (Å²) in [6.45, 7) is 6.14. The molecule has 0 spiro atoms. The van der Waals surface area contributed by atoms with Crippen molar-refractivity contribution in [1.82, 2.24) is 19.9 Å². The number of benzene rings is 1. The van der Waals surface area contributed by atoms with Crippen LogP contribution in [0.5, 0.6) is 0 Å². The summed E-state index contributed by atoms with van der Waals surface area (Å²) in [5.74, 6) is 0.655. The van der Waals surface area contributed by atoms with Crippen molar-refractivity contribution >= 4 is 5.91 Å². The molecule has 1 fully saturated rings. The number of hydrogen-bond acceptors (Lipinski definition) is 4. The third-order valence-corrected chi connectivity index (χ3v) is 5.12. The van der Waals surface area contributed by atoms with Crippen LogP contribution in [-0.4, -0.2) is 39.0 Å². The molecule has 0 N–H and O–H groups in total. The molecule has 0 bridgehead atoms. The highest BCUT2D eigenvalue weighted by atomic mass is 16.5. The molecule has 1 saturated carbocycles. The Morgan fingerprint density at radius 3 is 2.85 bits per heavy atom.